The molecule has 0 atom stereocenters. The zero-order valence-electron chi connectivity index (χ0n) is 11.9. The molecule has 1 N–H and O–H groups in total. The third kappa shape index (κ3) is 3.46. The molecule has 1 fully saturated rings. The van der Waals surface area contributed by atoms with Crippen LogP contribution in [0.25, 0.3) is 0 Å². The largest absolute Gasteiger partial charge is 0.370 e. The van der Waals surface area contributed by atoms with Crippen LogP contribution >= 0.6 is 0 Å². The number of likely N-dealkylation sites (tertiary alicyclic amines) is 1. The van der Waals surface area contributed by atoms with Crippen molar-refractivity contribution in [2.75, 3.05) is 25.0 Å². The van der Waals surface area contributed by atoms with Crippen molar-refractivity contribution in [2.24, 2.45) is 5.92 Å². The van der Waals surface area contributed by atoms with Gasteiger partial charge in [0.1, 0.15) is 5.82 Å². The van der Waals surface area contributed by atoms with Crippen molar-refractivity contribution in [2.45, 2.75) is 33.1 Å². The van der Waals surface area contributed by atoms with E-state index in [-0.39, 0.29) is 5.91 Å². The number of nitrogens with one attached hydrogen (secondary N) is 1. The molecule has 0 radical (unpaired) electrons. The Morgan fingerprint density at radius 1 is 1.42 bits per heavy atom. The maximum atomic E-state index is 12.4. The molecule has 2 rings (SSSR count). The van der Waals surface area contributed by atoms with Crippen LogP contribution < -0.4 is 5.32 Å². The van der Waals surface area contributed by atoms with E-state index < -0.39 is 0 Å². The molecule has 4 heteroatoms. The third-order valence-electron chi connectivity index (χ3n) is 3.84. The van der Waals surface area contributed by atoms with Gasteiger partial charge in [0.15, 0.2) is 0 Å². The van der Waals surface area contributed by atoms with E-state index in [1.54, 1.807) is 12.3 Å². The number of hydrogen-bond acceptors (Lipinski definition) is 3. The van der Waals surface area contributed by atoms with Crippen molar-refractivity contribution in [1.82, 2.24) is 9.88 Å². The fourth-order valence-electron chi connectivity index (χ4n) is 2.57. The van der Waals surface area contributed by atoms with E-state index in [0.29, 0.717) is 0 Å². The van der Waals surface area contributed by atoms with Gasteiger partial charge >= 0.3 is 0 Å². The number of nitrogens with zero attached hydrogens (tertiary/aromatic N) is 2. The smallest absolute Gasteiger partial charge is 0.254 e. The van der Waals surface area contributed by atoms with Gasteiger partial charge in [-0.1, -0.05) is 13.3 Å². The number of carbonyl (C=O) groups excluding carboxylic acids is 1. The van der Waals surface area contributed by atoms with Gasteiger partial charge in [0, 0.05) is 31.4 Å². The Labute approximate surface area is 115 Å². The highest BCUT2D eigenvalue weighted by atomic mass is 16.2. The highest BCUT2D eigenvalue weighted by Crippen LogP contribution is 2.21. The first-order chi connectivity index (χ1) is 9.24. The molecule has 0 spiro atoms. The average Bonchev–Trinajstić information content (AvgIpc) is 2.47. The molecular weight excluding hydrogens is 238 g/mol. The molecule has 1 aromatic rings. The lowest BCUT2D eigenvalue weighted by molar-refractivity contribution is 0.0688. The molecule has 4 nitrogen and oxygen atoms in total. The standard InChI is InChI=1S/C15H23N3O/c1-3-12-6-9-18(10-7-12)15(19)13-5-8-17-14(11-13)16-4-2/h5,8,11-12H,3-4,6-7,9-10H2,1-2H3,(H,16,17). The fraction of sp³-hybridized carbons (Fsp3) is 0.600. The summed E-state index contributed by atoms with van der Waals surface area (Å²) in [5.41, 5.74) is 0.737. The van der Waals surface area contributed by atoms with Gasteiger partial charge in [-0.05, 0) is 37.8 Å². The Kier molecular flexibility index (Phi) is 4.77. The van der Waals surface area contributed by atoms with Crippen LogP contribution in [-0.4, -0.2) is 35.4 Å². The van der Waals surface area contributed by atoms with Gasteiger partial charge in [0.2, 0.25) is 0 Å². The predicted molar refractivity (Wildman–Crippen MR) is 77.3 cm³/mol. The molecule has 19 heavy (non-hydrogen) atoms. The van der Waals surface area contributed by atoms with Crippen molar-refractivity contribution in [3.63, 3.8) is 0 Å². The Hall–Kier alpha value is -1.58. The van der Waals surface area contributed by atoms with Crippen molar-refractivity contribution in [3.8, 4) is 0 Å². The topological polar surface area (TPSA) is 45.2 Å². The molecule has 1 aliphatic heterocycles. The Morgan fingerprint density at radius 2 is 2.16 bits per heavy atom. The summed E-state index contributed by atoms with van der Waals surface area (Å²) in [5, 5.41) is 3.14. The minimum atomic E-state index is 0.135. The van der Waals surface area contributed by atoms with E-state index >= 15 is 0 Å². The van der Waals surface area contributed by atoms with Gasteiger partial charge in [0.05, 0.1) is 0 Å². The second kappa shape index (κ2) is 6.55. The van der Waals surface area contributed by atoms with E-state index in [1.165, 1.54) is 6.42 Å². The van der Waals surface area contributed by atoms with Crippen LogP contribution in [0.1, 0.15) is 43.5 Å². The minimum Gasteiger partial charge on any atom is -0.370 e. The van der Waals surface area contributed by atoms with Crippen molar-refractivity contribution >= 4 is 11.7 Å². The lowest BCUT2D eigenvalue weighted by Gasteiger charge is -2.31. The zero-order valence-corrected chi connectivity index (χ0v) is 11.9. The van der Waals surface area contributed by atoms with Gasteiger partial charge in [-0.3, -0.25) is 4.79 Å². The summed E-state index contributed by atoms with van der Waals surface area (Å²) in [6.45, 7) is 6.83. The maximum Gasteiger partial charge on any atom is 0.254 e. The van der Waals surface area contributed by atoms with Gasteiger partial charge in [-0.2, -0.15) is 0 Å². The molecule has 1 saturated heterocycles. The molecule has 0 unspecified atom stereocenters. The first-order valence-electron chi connectivity index (χ1n) is 7.23. The highest BCUT2D eigenvalue weighted by molar-refractivity contribution is 5.94. The molecular formula is C15H23N3O. The van der Waals surface area contributed by atoms with Crippen LogP contribution in [0.5, 0.6) is 0 Å². The number of amides is 1. The monoisotopic (exact) mass is 261 g/mol. The minimum absolute atomic E-state index is 0.135. The van der Waals surface area contributed by atoms with E-state index in [9.17, 15) is 4.79 Å². The second-order valence-corrected chi connectivity index (χ2v) is 5.10. The highest BCUT2D eigenvalue weighted by Gasteiger charge is 2.22. The quantitative estimate of drug-likeness (QED) is 0.906. The van der Waals surface area contributed by atoms with Crippen LogP contribution in [0, 0.1) is 5.92 Å². The third-order valence-corrected chi connectivity index (χ3v) is 3.84. The molecule has 1 amide bonds. The molecule has 1 aromatic heterocycles. The van der Waals surface area contributed by atoms with E-state index in [0.717, 1.165) is 49.8 Å². The number of piperidine rings is 1. The number of pyridine rings is 1. The van der Waals surface area contributed by atoms with Gasteiger partial charge in [-0.15, -0.1) is 0 Å². The normalized spacial score (nSPS) is 16.4. The number of rotatable bonds is 4. The van der Waals surface area contributed by atoms with Crippen molar-refractivity contribution < 1.29 is 4.79 Å². The molecule has 0 aromatic carbocycles. The summed E-state index contributed by atoms with van der Waals surface area (Å²) in [4.78, 5) is 18.6. The SMILES string of the molecule is CCNc1cc(C(=O)N2CCC(CC)CC2)ccn1. The lowest BCUT2D eigenvalue weighted by atomic mass is 9.94. The van der Waals surface area contributed by atoms with Crippen LogP contribution in [-0.2, 0) is 0 Å². The summed E-state index contributed by atoms with van der Waals surface area (Å²) in [6.07, 6.45) is 5.19. The molecule has 0 bridgehead atoms. The molecule has 1 aliphatic rings. The van der Waals surface area contributed by atoms with E-state index in [4.69, 9.17) is 0 Å². The summed E-state index contributed by atoms with van der Waals surface area (Å²) < 4.78 is 0. The van der Waals surface area contributed by atoms with Crippen LogP contribution in [0.2, 0.25) is 0 Å². The zero-order chi connectivity index (χ0) is 13.7. The van der Waals surface area contributed by atoms with Crippen LogP contribution in [0.4, 0.5) is 5.82 Å². The van der Waals surface area contributed by atoms with Gasteiger partial charge in [-0.25, -0.2) is 4.98 Å². The Morgan fingerprint density at radius 3 is 2.79 bits per heavy atom. The Balaban J connectivity index is 2.01. The maximum absolute atomic E-state index is 12.4. The summed E-state index contributed by atoms with van der Waals surface area (Å²) in [6, 6.07) is 3.65. The van der Waals surface area contributed by atoms with Crippen LogP contribution in [0.3, 0.4) is 0 Å². The second-order valence-electron chi connectivity index (χ2n) is 5.10. The van der Waals surface area contributed by atoms with Crippen molar-refractivity contribution in [3.05, 3.63) is 23.9 Å². The van der Waals surface area contributed by atoms with E-state index in [2.05, 4.69) is 17.2 Å². The number of carbonyl (C=O) groups is 1. The lowest BCUT2D eigenvalue weighted by Crippen LogP contribution is -2.38. The summed E-state index contributed by atoms with van der Waals surface area (Å²) in [7, 11) is 0. The molecule has 0 aliphatic carbocycles. The molecule has 2 heterocycles. The van der Waals surface area contributed by atoms with Crippen molar-refractivity contribution in [1.29, 1.82) is 0 Å². The number of anilines is 1. The molecule has 104 valence electrons. The Bertz CT molecular complexity index is 425. The summed E-state index contributed by atoms with van der Waals surface area (Å²) >= 11 is 0. The predicted octanol–water partition coefficient (Wildman–Crippen LogP) is 2.78. The van der Waals surface area contributed by atoms with Crippen LogP contribution in [0.15, 0.2) is 18.3 Å². The first-order valence-corrected chi connectivity index (χ1v) is 7.23. The number of aromatic nitrogens is 1. The van der Waals surface area contributed by atoms with Gasteiger partial charge < -0.3 is 10.2 Å². The van der Waals surface area contributed by atoms with E-state index in [1.807, 2.05) is 17.9 Å². The van der Waals surface area contributed by atoms with Gasteiger partial charge in [0.25, 0.3) is 5.91 Å². The average molecular weight is 261 g/mol. The first kappa shape index (κ1) is 13.8. The fourth-order valence-corrected chi connectivity index (χ4v) is 2.57. The molecule has 0 saturated carbocycles. The number of hydrogen-bond donors (Lipinski definition) is 1. The summed E-state index contributed by atoms with van der Waals surface area (Å²) in [5.74, 6) is 1.70.